The van der Waals surface area contributed by atoms with Gasteiger partial charge in [0.15, 0.2) is 0 Å². The van der Waals surface area contributed by atoms with Crippen LogP contribution in [0.2, 0.25) is 5.02 Å². The van der Waals surface area contributed by atoms with Crippen LogP contribution < -0.4 is 0 Å². The van der Waals surface area contributed by atoms with Gasteiger partial charge in [0.05, 0.1) is 5.02 Å². The van der Waals surface area contributed by atoms with E-state index in [9.17, 15) is 8.42 Å². The summed E-state index contributed by atoms with van der Waals surface area (Å²) in [5.41, 5.74) is 0.732. The highest BCUT2D eigenvalue weighted by Gasteiger charge is 2.27. The number of sulfonamides is 1. The molecule has 0 radical (unpaired) electrons. The van der Waals surface area contributed by atoms with Crippen molar-refractivity contribution >= 4 is 45.0 Å². The van der Waals surface area contributed by atoms with Crippen LogP contribution in [0.1, 0.15) is 12.5 Å². The molecule has 0 saturated carbocycles. The lowest BCUT2D eigenvalue weighted by Crippen LogP contribution is -2.36. The highest BCUT2D eigenvalue weighted by Crippen LogP contribution is 2.27. The quantitative estimate of drug-likeness (QED) is 0.743. The maximum atomic E-state index is 12.5. The van der Waals surface area contributed by atoms with E-state index in [1.165, 1.54) is 10.4 Å². The van der Waals surface area contributed by atoms with E-state index in [0.717, 1.165) is 11.3 Å². The fraction of sp³-hybridized carbons (Fsp3) is 0.500. The summed E-state index contributed by atoms with van der Waals surface area (Å²) in [6.07, 6.45) is 1.94. The standard InChI is InChI=1S/C12H17Cl2NO2S2/c1-9(8-18-3)15(2)19(16,17)12-6-10(7-13)4-5-11(12)14/h4-6,9H,7-8H2,1-3H3. The first-order valence-corrected chi connectivity index (χ1v) is 9.40. The number of benzene rings is 1. The van der Waals surface area contributed by atoms with Crippen LogP contribution in [0, 0.1) is 0 Å². The molecule has 1 rings (SSSR count). The molecule has 0 fully saturated rings. The number of hydrogen-bond donors (Lipinski definition) is 0. The van der Waals surface area contributed by atoms with Crippen LogP contribution in [0.25, 0.3) is 0 Å². The highest BCUT2D eigenvalue weighted by molar-refractivity contribution is 7.98. The van der Waals surface area contributed by atoms with E-state index in [1.54, 1.807) is 30.9 Å². The molecule has 1 aromatic carbocycles. The zero-order valence-electron chi connectivity index (χ0n) is 11.1. The van der Waals surface area contributed by atoms with Crippen LogP contribution in [0.3, 0.4) is 0 Å². The Morgan fingerprint density at radius 1 is 1.42 bits per heavy atom. The maximum Gasteiger partial charge on any atom is 0.244 e. The molecule has 0 saturated heterocycles. The van der Waals surface area contributed by atoms with Crippen LogP contribution in [-0.4, -0.2) is 37.8 Å². The van der Waals surface area contributed by atoms with Gasteiger partial charge in [-0.25, -0.2) is 8.42 Å². The molecule has 0 N–H and O–H groups in total. The Balaban J connectivity index is 3.19. The van der Waals surface area contributed by atoms with E-state index in [1.807, 2.05) is 13.2 Å². The molecular weight excluding hydrogens is 325 g/mol. The third-order valence-corrected chi connectivity index (χ3v) is 6.41. The number of halogens is 2. The van der Waals surface area contributed by atoms with E-state index in [0.29, 0.717) is 0 Å². The number of hydrogen-bond acceptors (Lipinski definition) is 3. The molecule has 0 aliphatic heterocycles. The first-order chi connectivity index (χ1) is 8.84. The van der Waals surface area contributed by atoms with Gasteiger partial charge in [-0.05, 0) is 30.9 Å². The second kappa shape index (κ2) is 7.18. The topological polar surface area (TPSA) is 37.4 Å². The van der Waals surface area contributed by atoms with Gasteiger partial charge in [0, 0.05) is 24.7 Å². The van der Waals surface area contributed by atoms with Gasteiger partial charge in [0.2, 0.25) is 10.0 Å². The predicted molar refractivity (Wildman–Crippen MR) is 83.8 cm³/mol. The SMILES string of the molecule is CSCC(C)N(C)S(=O)(=O)c1cc(CCl)ccc1Cl. The van der Waals surface area contributed by atoms with Gasteiger partial charge >= 0.3 is 0 Å². The van der Waals surface area contributed by atoms with Gasteiger partial charge in [-0.1, -0.05) is 17.7 Å². The molecule has 1 atom stereocenters. The third-order valence-electron chi connectivity index (χ3n) is 2.84. The van der Waals surface area contributed by atoms with Crippen molar-refractivity contribution < 1.29 is 8.42 Å². The second-order valence-corrected chi connectivity index (χ2v) is 7.78. The Bertz CT molecular complexity index is 535. The molecule has 1 unspecified atom stereocenters. The minimum atomic E-state index is -3.59. The molecule has 1 aromatic rings. The van der Waals surface area contributed by atoms with Gasteiger partial charge < -0.3 is 0 Å². The lowest BCUT2D eigenvalue weighted by Gasteiger charge is -2.24. The first kappa shape index (κ1) is 17.1. The van der Waals surface area contributed by atoms with E-state index in [-0.39, 0.29) is 21.8 Å². The molecule has 3 nitrogen and oxygen atoms in total. The minimum Gasteiger partial charge on any atom is -0.207 e. The van der Waals surface area contributed by atoms with E-state index < -0.39 is 10.0 Å². The lowest BCUT2D eigenvalue weighted by atomic mass is 10.2. The molecule has 0 aromatic heterocycles. The van der Waals surface area contributed by atoms with Crippen molar-refractivity contribution in [3.8, 4) is 0 Å². The zero-order valence-corrected chi connectivity index (χ0v) is 14.2. The number of nitrogens with zero attached hydrogens (tertiary/aromatic N) is 1. The average molecular weight is 342 g/mol. The van der Waals surface area contributed by atoms with Crippen LogP contribution in [-0.2, 0) is 15.9 Å². The molecule has 19 heavy (non-hydrogen) atoms. The number of rotatable bonds is 6. The fourth-order valence-corrected chi connectivity index (χ4v) is 4.42. The van der Waals surface area contributed by atoms with Crippen molar-refractivity contribution in [2.45, 2.75) is 23.7 Å². The Kier molecular flexibility index (Phi) is 6.47. The summed E-state index contributed by atoms with van der Waals surface area (Å²) < 4.78 is 26.4. The van der Waals surface area contributed by atoms with Crippen LogP contribution in [0.15, 0.2) is 23.1 Å². The summed E-state index contributed by atoms with van der Waals surface area (Å²) in [5.74, 6) is 0.978. The van der Waals surface area contributed by atoms with Gasteiger partial charge in [-0.2, -0.15) is 16.1 Å². The Morgan fingerprint density at radius 2 is 2.05 bits per heavy atom. The molecule has 0 aliphatic carbocycles. The number of thioether (sulfide) groups is 1. The normalized spacial score (nSPS) is 13.8. The van der Waals surface area contributed by atoms with Crippen molar-refractivity contribution in [3.63, 3.8) is 0 Å². The smallest absolute Gasteiger partial charge is 0.207 e. The van der Waals surface area contributed by atoms with E-state index >= 15 is 0 Å². The monoisotopic (exact) mass is 341 g/mol. The molecule has 0 heterocycles. The van der Waals surface area contributed by atoms with Crippen molar-refractivity contribution in [3.05, 3.63) is 28.8 Å². The third kappa shape index (κ3) is 4.02. The van der Waals surface area contributed by atoms with Gasteiger partial charge in [-0.3, -0.25) is 0 Å². The average Bonchev–Trinajstić information content (AvgIpc) is 2.38. The predicted octanol–water partition coefficient (Wildman–Crippen LogP) is 3.45. The molecule has 0 aliphatic rings. The summed E-state index contributed by atoms with van der Waals surface area (Å²) >= 11 is 13.3. The lowest BCUT2D eigenvalue weighted by molar-refractivity contribution is 0.415. The molecule has 0 amide bonds. The maximum absolute atomic E-state index is 12.5. The highest BCUT2D eigenvalue weighted by atomic mass is 35.5. The Labute approximate surface area is 129 Å². The fourth-order valence-electron chi connectivity index (χ4n) is 1.57. The van der Waals surface area contributed by atoms with Crippen molar-refractivity contribution in [1.29, 1.82) is 0 Å². The molecule has 108 valence electrons. The molecule has 0 bridgehead atoms. The molecular formula is C12H17Cl2NO2S2. The van der Waals surface area contributed by atoms with Gasteiger partial charge in [-0.15, -0.1) is 11.6 Å². The van der Waals surface area contributed by atoms with Crippen LogP contribution >= 0.6 is 35.0 Å². The van der Waals surface area contributed by atoms with Crippen molar-refractivity contribution in [1.82, 2.24) is 4.31 Å². The van der Waals surface area contributed by atoms with Crippen molar-refractivity contribution in [2.24, 2.45) is 0 Å². The van der Waals surface area contributed by atoms with Crippen LogP contribution in [0.4, 0.5) is 0 Å². The Morgan fingerprint density at radius 3 is 2.58 bits per heavy atom. The molecule has 0 spiro atoms. The summed E-state index contributed by atoms with van der Waals surface area (Å²) in [7, 11) is -2.02. The molecule has 7 heteroatoms. The summed E-state index contributed by atoms with van der Waals surface area (Å²) in [5, 5.41) is 0.220. The van der Waals surface area contributed by atoms with Gasteiger partial charge in [0.25, 0.3) is 0 Å². The van der Waals surface area contributed by atoms with Gasteiger partial charge in [0.1, 0.15) is 4.90 Å². The Hall–Kier alpha value is 0.0600. The second-order valence-electron chi connectivity index (χ2n) is 4.22. The van der Waals surface area contributed by atoms with Crippen molar-refractivity contribution in [2.75, 3.05) is 19.1 Å². The zero-order chi connectivity index (χ0) is 14.6. The minimum absolute atomic E-state index is 0.101. The summed E-state index contributed by atoms with van der Waals surface area (Å²) in [6.45, 7) is 1.87. The largest absolute Gasteiger partial charge is 0.244 e. The van der Waals surface area contributed by atoms with E-state index in [4.69, 9.17) is 23.2 Å². The number of alkyl halides is 1. The summed E-state index contributed by atoms with van der Waals surface area (Å²) in [6, 6.07) is 4.72. The van der Waals surface area contributed by atoms with E-state index in [2.05, 4.69) is 0 Å². The summed E-state index contributed by atoms with van der Waals surface area (Å²) in [4.78, 5) is 0.114. The first-order valence-electron chi connectivity index (χ1n) is 5.66. The van der Waals surface area contributed by atoms with Crippen LogP contribution in [0.5, 0.6) is 0 Å².